The Kier molecular flexibility index (Phi) is 7.77. The molecule has 0 aliphatic carbocycles. The zero-order valence-corrected chi connectivity index (χ0v) is 22.1. The van der Waals surface area contributed by atoms with E-state index < -0.39 is 5.41 Å². The van der Waals surface area contributed by atoms with Crippen LogP contribution in [0.4, 0.5) is 20.4 Å². The maximum atomic E-state index is 13.3. The highest BCUT2D eigenvalue weighted by Gasteiger charge is 2.50. The molecule has 2 atom stereocenters. The van der Waals surface area contributed by atoms with Crippen LogP contribution < -0.4 is 10.2 Å². The van der Waals surface area contributed by atoms with Gasteiger partial charge in [-0.15, -0.1) is 0 Å². The Bertz CT molecular complexity index is 1130. The molecule has 12 heteroatoms. The summed E-state index contributed by atoms with van der Waals surface area (Å²) in [5.41, 5.74) is 1.30. The summed E-state index contributed by atoms with van der Waals surface area (Å²) in [6, 6.07) is 5.15. The van der Waals surface area contributed by atoms with Gasteiger partial charge >= 0.3 is 18.1 Å². The normalized spacial score (nSPS) is 19.5. The van der Waals surface area contributed by atoms with Gasteiger partial charge in [-0.1, -0.05) is 41.6 Å². The van der Waals surface area contributed by atoms with E-state index in [1.807, 2.05) is 19.1 Å². The standard InChI is InChI=1S/C23H27ClN4O5S2/c1-4-17(19(29)33-5-2)34-18-11-25-20(35-18)26-21(30)28-13-23(8-9-27(12-23)22(31)32-3)15-10-14(24)6-7-16(15)28/h6-7,10-11,17H,4-5,8-9,12-13H2,1-3H3,(H,25,26,30). The molecule has 4 rings (SSSR count). The number of amides is 3. The van der Waals surface area contributed by atoms with Gasteiger partial charge in [0.2, 0.25) is 0 Å². The van der Waals surface area contributed by atoms with Crippen molar-refractivity contribution in [2.75, 3.05) is 43.6 Å². The van der Waals surface area contributed by atoms with Crippen LogP contribution in [0.25, 0.3) is 0 Å². The molecule has 1 N–H and O–H groups in total. The van der Waals surface area contributed by atoms with Crippen LogP contribution >= 0.6 is 34.7 Å². The van der Waals surface area contributed by atoms with Crippen LogP contribution in [0.2, 0.25) is 5.02 Å². The van der Waals surface area contributed by atoms with E-state index in [9.17, 15) is 14.4 Å². The number of hydrogen-bond acceptors (Lipinski definition) is 8. The number of benzene rings is 1. The van der Waals surface area contributed by atoms with Gasteiger partial charge in [0.25, 0.3) is 0 Å². The van der Waals surface area contributed by atoms with E-state index in [4.69, 9.17) is 21.1 Å². The van der Waals surface area contributed by atoms with E-state index >= 15 is 0 Å². The molecule has 9 nitrogen and oxygen atoms in total. The Hall–Kier alpha value is -2.50. The molecule has 2 aliphatic heterocycles. The van der Waals surface area contributed by atoms with Gasteiger partial charge in [0, 0.05) is 35.8 Å². The van der Waals surface area contributed by atoms with Crippen LogP contribution in [0.15, 0.2) is 28.6 Å². The summed E-state index contributed by atoms with van der Waals surface area (Å²) in [5.74, 6) is -0.255. The molecule has 1 spiro atoms. The van der Waals surface area contributed by atoms with Crippen LogP contribution in [-0.2, 0) is 19.7 Å². The minimum absolute atomic E-state index is 0.255. The molecule has 2 unspecified atom stereocenters. The van der Waals surface area contributed by atoms with Gasteiger partial charge in [0.15, 0.2) is 5.13 Å². The molecule has 35 heavy (non-hydrogen) atoms. The number of carbonyl (C=O) groups excluding carboxylic acids is 3. The van der Waals surface area contributed by atoms with Crippen molar-refractivity contribution in [1.29, 1.82) is 0 Å². The number of fused-ring (bicyclic) bond motifs is 2. The number of methoxy groups -OCH3 is 1. The summed E-state index contributed by atoms with van der Waals surface area (Å²) in [6.45, 7) is 5.44. The van der Waals surface area contributed by atoms with Crippen LogP contribution in [0, 0.1) is 0 Å². The third-order valence-corrected chi connectivity index (χ3v) is 8.82. The second-order valence-corrected chi connectivity index (χ2v) is 11.3. The Morgan fingerprint density at radius 1 is 1.31 bits per heavy atom. The topological polar surface area (TPSA) is 101 Å². The van der Waals surface area contributed by atoms with Crippen molar-refractivity contribution < 1.29 is 23.9 Å². The van der Waals surface area contributed by atoms with Crippen molar-refractivity contribution in [1.82, 2.24) is 9.88 Å². The highest BCUT2D eigenvalue weighted by molar-refractivity contribution is 8.02. The molecule has 0 radical (unpaired) electrons. The summed E-state index contributed by atoms with van der Waals surface area (Å²) in [6.07, 6.45) is 2.59. The van der Waals surface area contributed by atoms with Crippen molar-refractivity contribution in [2.24, 2.45) is 0 Å². The van der Waals surface area contributed by atoms with Gasteiger partial charge < -0.3 is 14.4 Å². The first-order chi connectivity index (χ1) is 16.8. The molecule has 1 saturated heterocycles. The lowest BCUT2D eigenvalue weighted by atomic mass is 9.81. The van der Waals surface area contributed by atoms with Crippen LogP contribution in [0.3, 0.4) is 0 Å². The minimum atomic E-state index is -0.413. The van der Waals surface area contributed by atoms with Gasteiger partial charge in [-0.2, -0.15) is 0 Å². The second kappa shape index (κ2) is 10.6. The van der Waals surface area contributed by atoms with E-state index in [1.54, 1.807) is 29.0 Å². The fourth-order valence-electron chi connectivity index (χ4n) is 4.53. The second-order valence-electron chi connectivity index (χ2n) is 8.35. The zero-order chi connectivity index (χ0) is 25.2. The van der Waals surface area contributed by atoms with E-state index in [0.717, 1.165) is 15.5 Å². The van der Waals surface area contributed by atoms with Crippen LogP contribution in [0.1, 0.15) is 32.3 Å². The van der Waals surface area contributed by atoms with Crippen molar-refractivity contribution in [2.45, 2.75) is 41.6 Å². The Morgan fingerprint density at radius 3 is 2.83 bits per heavy atom. The Balaban J connectivity index is 1.49. The van der Waals surface area contributed by atoms with Gasteiger partial charge in [-0.05, 0) is 43.5 Å². The van der Waals surface area contributed by atoms with Crippen LogP contribution in [0.5, 0.6) is 0 Å². The number of ether oxygens (including phenoxy) is 2. The number of aromatic nitrogens is 1. The molecular formula is C23H27ClN4O5S2. The first-order valence-corrected chi connectivity index (χ1v) is 13.4. The first-order valence-electron chi connectivity index (χ1n) is 11.3. The lowest BCUT2D eigenvalue weighted by Gasteiger charge is -2.25. The molecule has 2 aromatic rings. The number of nitrogens with zero attached hydrogens (tertiary/aromatic N) is 3. The van der Waals surface area contributed by atoms with Gasteiger partial charge in [0.05, 0.1) is 24.1 Å². The van der Waals surface area contributed by atoms with Gasteiger partial charge in [-0.25, -0.2) is 14.6 Å². The molecule has 3 amide bonds. The predicted molar refractivity (Wildman–Crippen MR) is 137 cm³/mol. The van der Waals surface area contributed by atoms with Crippen LogP contribution in [-0.4, -0.2) is 66.6 Å². The maximum Gasteiger partial charge on any atom is 0.409 e. The molecule has 1 aromatic heterocycles. The highest BCUT2D eigenvalue weighted by atomic mass is 35.5. The molecule has 1 aromatic carbocycles. The van der Waals surface area contributed by atoms with Crippen molar-refractivity contribution in [3.63, 3.8) is 0 Å². The quantitative estimate of drug-likeness (QED) is 0.408. The van der Waals surface area contributed by atoms with E-state index in [-0.39, 0.29) is 23.3 Å². The van der Waals surface area contributed by atoms with E-state index in [2.05, 4.69) is 10.3 Å². The Morgan fingerprint density at radius 2 is 2.11 bits per heavy atom. The minimum Gasteiger partial charge on any atom is -0.465 e. The van der Waals surface area contributed by atoms with Crippen molar-refractivity contribution in [3.8, 4) is 0 Å². The van der Waals surface area contributed by atoms with E-state index in [1.165, 1.54) is 30.2 Å². The fraction of sp³-hybridized carbons (Fsp3) is 0.478. The summed E-state index contributed by atoms with van der Waals surface area (Å²) >= 11 is 8.99. The lowest BCUT2D eigenvalue weighted by molar-refractivity contribution is -0.142. The van der Waals surface area contributed by atoms with Crippen molar-refractivity contribution >= 4 is 63.6 Å². The molecule has 0 saturated carbocycles. The highest BCUT2D eigenvalue weighted by Crippen LogP contribution is 2.47. The monoisotopic (exact) mass is 538 g/mol. The molecular weight excluding hydrogens is 512 g/mol. The average Bonchev–Trinajstić information content (AvgIpc) is 3.55. The fourth-order valence-corrected chi connectivity index (χ4v) is 6.75. The summed E-state index contributed by atoms with van der Waals surface area (Å²) in [4.78, 5) is 45.2. The first kappa shape index (κ1) is 25.6. The number of thiazole rings is 1. The predicted octanol–water partition coefficient (Wildman–Crippen LogP) is 4.99. The maximum absolute atomic E-state index is 13.3. The number of anilines is 2. The van der Waals surface area contributed by atoms with Gasteiger partial charge in [0.1, 0.15) is 5.25 Å². The third kappa shape index (κ3) is 5.22. The molecule has 1 fully saturated rings. The Labute approximate surface area is 217 Å². The number of halogens is 1. The SMILES string of the molecule is CCOC(=O)C(CC)Sc1cnc(NC(=O)N2CC3(CCN(C(=O)OC)C3)c3cc(Cl)ccc32)s1. The molecule has 0 bridgehead atoms. The average molecular weight is 539 g/mol. The number of esters is 1. The van der Waals surface area contributed by atoms with E-state index in [0.29, 0.717) is 49.2 Å². The van der Waals surface area contributed by atoms with Crippen molar-refractivity contribution in [3.05, 3.63) is 35.0 Å². The lowest BCUT2D eigenvalue weighted by Crippen LogP contribution is -2.41. The number of nitrogens with one attached hydrogen (secondary N) is 1. The molecule has 2 aliphatic rings. The summed E-state index contributed by atoms with van der Waals surface area (Å²) in [5, 5.41) is 3.58. The molecule has 3 heterocycles. The molecule has 188 valence electrons. The van der Waals surface area contributed by atoms with Gasteiger partial charge in [-0.3, -0.25) is 15.0 Å². The number of carbonyl (C=O) groups is 3. The number of hydrogen-bond donors (Lipinski definition) is 1. The number of likely N-dealkylation sites (tertiary alicyclic amines) is 1. The summed E-state index contributed by atoms with van der Waals surface area (Å²) in [7, 11) is 1.36. The largest absolute Gasteiger partial charge is 0.465 e. The number of urea groups is 1. The smallest absolute Gasteiger partial charge is 0.409 e. The third-order valence-electron chi connectivity index (χ3n) is 6.19. The summed E-state index contributed by atoms with van der Waals surface area (Å²) < 4.78 is 10.8. The number of thioether (sulfide) groups is 1. The number of rotatable bonds is 6. The zero-order valence-electron chi connectivity index (χ0n) is 19.7.